The van der Waals surface area contributed by atoms with E-state index < -0.39 is 0 Å². The molecule has 1 aliphatic rings. The molecule has 0 aliphatic carbocycles. The van der Waals surface area contributed by atoms with Crippen LogP contribution in [-0.4, -0.2) is 52.3 Å². The quantitative estimate of drug-likeness (QED) is 0.733. The van der Waals surface area contributed by atoms with E-state index in [1.54, 1.807) is 18.5 Å². The number of amides is 1. The Bertz CT molecular complexity index is 984. The molecule has 1 amide bonds. The number of piperazine rings is 1. The number of carbonyl (C=O) groups is 1. The van der Waals surface area contributed by atoms with E-state index in [0.29, 0.717) is 5.69 Å². The fourth-order valence-corrected chi connectivity index (χ4v) is 3.22. The summed E-state index contributed by atoms with van der Waals surface area (Å²) in [6.45, 7) is 7.25. The predicted molar refractivity (Wildman–Crippen MR) is 112 cm³/mol. The fraction of sp³-hybridized carbons (Fsp3) is 0.286. The van der Waals surface area contributed by atoms with Crippen LogP contribution in [0, 0.1) is 13.8 Å². The van der Waals surface area contributed by atoms with Gasteiger partial charge in [0.15, 0.2) is 11.5 Å². The molecule has 1 aromatic carbocycles. The second-order valence-electron chi connectivity index (χ2n) is 7.05. The number of benzene rings is 1. The molecule has 8 heteroatoms. The Morgan fingerprint density at radius 1 is 0.897 bits per heavy atom. The van der Waals surface area contributed by atoms with Crippen LogP contribution in [-0.2, 0) is 0 Å². The van der Waals surface area contributed by atoms with Crippen molar-refractivity contribution in [3.63, 3.8) is 0 Å². The number of rotatable bonds is 4. The summed E-state index contributed by atoms with van der Waals surface area (Å²) in [4.78, 5) is 25.3. The molecule has 1 aliphatic heterocycles. The van der Waals surface area contributed by atoms with Crippen LogP contribution < -0.4 is 15.1 Å². The minimum atomic E-state index is -0.265. The van der Waals surface area contributed by atoms with Crippen molar-refractivity contribution in [3.8, 4) is 0 Å². The van der Waals surface area contributed by atoms with Gasteiger partial charge in [-0.25, -0.2) is 9.97 Å². The van der Waals surface area contributed by atoms with Crippen molar-refractivity contribution in [1.29, 1.82) is 0 Å². The summed E-state index contributed by atoms with van der Waals surface area (Å²) in [6, 6.07) is 11.2. The number of nitrogens with one attached hydrogen (secondary N) is 1. The molecule has 0 unspecified atom stereocenters. The molecule has 8 nitrogen and oxygen atoms in total. The highest BCUT2D eigenvalue weighted by atomic mass is 16.1. The zero-order valence-electron chi connectivity index (χ0n) is 16.5. The molecule has 29 heavy (non-hydrogen) atoms. The van der Waals surface area contributed by atoms with E-state index >= 15 is 0 Å². The Labute approximate surface area is 169 Å². The lowest BCUT2D eigenvalue weighted by molar-refractivity contribution is 0.102. The second kappa shape index (κ2) is 8.22. The van der Waals surface area contributed by atoms with Crippen molar-refractivity contribution >= 4 is 23.4 Å². The molecule has 4 rings (SSSR count). The molecule has 3 heterocycles. The normalized spacial score (nSPS) is 14.0. The van der Waals surface area contributed by atoms with E-state index in [1.165, 1.54) is 5.56 Å². The average molecular weight is 389 g/mol. The third-order valence-electron chi connectivity index (χ3n) is 5.09. The first kappa shape index (κ1) is 18.8. The van der Waals surface area contributed by atoms with Gasteiger partial charge in [0.25, 0.3) is 5.91 Å². The van der Waals surface area contributed by atoms with E-state index in [2.05, 4.69) is 35.3 Å². The third-order valence-corrected chi connectivity index (χ3v) is 5.09. The lowest BCUT2D eigenvalue weighted by Gasteiger charge is -2.35. The van der Waals surface area contributed by atoms with Crippen LogP contribution in [0.25, 0.3) is 0 Å². The van der Waals surface area contributed by atoms with Crippen LogP contribution in [0.15, 0.2) is 48.8 Å². The van der Waals surface area contributed by atoms with Gasteiger partial charge in [-0.1, -0.05) is 6.07 Å². The van der Waals surface area contributed by atoms with Crippen molar-refractivity contribution in [2.45, 2.75) is 13.8 Å². The number of aromatic nitrogens is 4. The third kappa shape index (κ3) is 4.31. The summed E-state index contributed by atoms with van der Waals surface area (Å²) in [7, 11) is 0. The summed E-state index contributed by atoms with van der Waals surface area (Å²) in [5, 5.41) is 11.3. The molecule has 0 atom stereocenters. The summed E-state index contributed by atoms with van der Waals surface area (Å²) >= 11 is 0. The Morgan fingerprint density at radius 3 is 2.28 bits per heavy atom. The van der Waals surface area contributed by atoms with Gasteiger partial charge in [-0.05, 0) is 55.3 Å². The van der Waals surface area contributed by atoms with Gasteiger partial charge in [0, 0.05) is 44.3 Å². The highest BCUT2D eigenvalue weighted by Crippen LogP contribution is 2.17. The highest BCUT2D eigenvalue weighted by Gasteiger charge is 2.20. The second-order valence-corrected chi connectivity index (χ2v) is 7.05. The summed E-state index contributed by atoms with van der Waals surface area (Å²) < 4.78 is 0. The van der Waals surface area contributed by atoms with E-state index in [4.69, 9.17) is 0 Å². The van der Waals surface area contributed by atoms with Crippen molar-refractivity contribution in [2.75, 3.05) is 41.3 Å². The monoisotopic (exact) mass is 389 g/mol. The zero-order chi connectivity index (χ0) is 20.2. The number of carbonyl (C=O) groups excluding carboxylic acids is 1. The number of nitrogens with zero attached hydrogens (tertiary/aromatic N) is 6. The first-order valence-corrected chi connectivity index (χ1v) is 9.59. The molecule has 1 N–H and O–H groups in total. The maximum atomic E-state index is 12.4. The molecule has 3 aromatic rings. The Balaban J connectivity index is 1.36. The van der Waals surface area contributed by atoms with Crippen LogP contribution in [0.3, 0.4) is 0 Å². The van der Waals surface area contributed by atoms with E-state index in [1.807, 2.05) is 44.2 Å². The van der Waals surface area contributed by atoms with Gasteiger partial charge in [0.1, 0.15) is 0 Å². The summed E-state index contributed by atoms with van der Waals surface area (Å²) in [5.74, 6) is 1.25. The van der Waals surface area contributed by atoms with Gasteiger partial charge in [-0.3, -0.25) is 4.79 Å². The molecule has 2 aromatic heterocycles. The molecule has 1 fully saturated rings. The maximum absolute atomic E-state index is 12.4. The molecule has 0 radical (unpaired) electrons. The molecular formula is C21H23N7O. The molecular weight excluding hydrogens is 366 g/mol. The van der Waals surface area contributed by atoms with Gasteiger partial charge in [0.2, 0.25) is 5.95 Å². The first-order chi connectivity index (χ1) is 14.1. The van der Waals surface area contributed by atoms with Gasteiger partial charge >= 0.3 is 0 Å². The lowest BCUT2D eigenvalue weighted by atomic mass is 10.1. The largest absolute Gasteiger partial charge is 0.352 e. The van der Waals surface area contributed by atoms with Crippen molar-refractivity contribution in [1.82, 2.24) is 20.2 Å². The number of hydrogen-bond acceptors (Lipinski definition) is 7. The van der Waals surface area contributed by atoms with E-state index in [9.17, 15) is 4.79 Å². The van der Waals surface area contributed by atoms with Crippen LogP contribution in [0.2, 0.25) is 0 Å². The van der Waals surface area contributed by atoms with Crippen LogP contribution in [0.1, 0.15) is 21.6 Å². The smallest absolute Gasteiger partial charge is 0.276 e. The van der Waals surface area contributed by atoms with Crippen LogP contribution in [0.5, 0.6) is 0 Å². The molecule has 0 spiro atoms. The van der Waals surface area contributed by atoms with Crippen LogP contribution >= 0.6 is 0 Å². The number of anilines is 3. The lowest BCUT2D eigenvalue weighted by Crippen LogP contribution is -2.47. The van der Waals surface area contributed by atoms with E-state index in [-0.39, 0.29) is 5.91 Å². The number of hydrogen-bond donors (Lipinski definition) is 1. The Morgan fingerprint density at radius 2 is 1.62 bits per heavy atom. The Hall–Kier alpha value is -3.55. The minimum Gasteiger partial charge on any atom is -0.352 e. The van der Waals surface area contributed by atoms with Gasteiger partial charge < -0.3 is 15.1 Å². The van der Waals surface area contributed by atoms with E-state index in [0.717, 1.165) is 49.2 Å². The van der Waals surface area contributed by atoms with Crippen molar-refractivity contribution < 1.29 is 4.79 Å². The average Bonchev–Trinajstić information content (AvgIpc) is 2.77. The van der Waals surface area contributed by atoms with Gasteiger partial charge in [0.05, 0.1) is 0 Å². The molecule has 1 saturated heterocycles. The predicted octanol–water partition coefficient (Wildman–Crippen LogP) is 2.46. The molecule has 0 bridgehead atoms. The fourth-order valence-electron chi connectivity index (χ4n) is 3.22. The van der Waals surface area contributed by atoms with Crippen molar-refractivity contribution in [3.05, 3.63) is 65.6 Å². The zero-order valence-corrected chi connectivity index (χ0v) is 16.5. The summed E-state index contributed by atoms with van der Waals surface area (Å²) in [5.41, 5.74) is 3.36. The first-order valence-electron chi connectivity index (χ1n) is 9.59. The summed E-state index contributed by atoms with van der Waals surface area (Å²) in [6.07, 6.45) is 3.50. The van der Waals surface area contributed by atoms with Gasteiger partial charge in [-0.15, -0.1) is 10.2 Å². The topological polar surface area (TPSA) is 87.1 Å². The molecule has 0 saturated carbocycles. The minimum absolute atomic E-state index is 0.265. The highest BCUT2D eigenvalue weighted by molar-refractivity contribution is 6.02. The van der Waals surface area contributed by atoms with Crippen molar-refractivity contribution in [2.24, 2.45) is 0 Å². The van der Waals surface area contributed by atoms with Crippen LogP contribution in [0.4, 0.5) is 17.5 Å². The number of aryl methyl sites for hydroxylation is 2. The SMILES string of the molecule is Cc1ccc(NC(=O)c2ccc(N3CCN(c4ncccn4)CC3)nn2)cc1C. The maximum Gasteiger partial charge on any atom is 0.276 e. The van der Waals surface area contributed by atoms with Gasteiger partial charge in [-0.2, -0.15) is 0 Å². The molecule has 148 valence electrons. The Kier molecular flexibility index (Phi) is 5.33. The standard InChI is InChI=1S/C21H23N7O/c1-15-4-5-17(14-16(15)2)24-20(29)18-6-7-19(26-25-18)27-10-12-28(13-11-27)21-22-8-3-9-23-21/h3-9,14H,10-13H2,1-2H3,(H,24,29).